The van der Waals surface area contributed by atoms with Gasteiger partial charge in [-0.15, -0.1) is 0 Å². The van der Waals surface area contributed by atoms with Crippen LogP contribution >= 0.6 is 11.6 Å². The van der Waals surface area contributed by atoms with Gasteiger partial charge < -0.3 is 19.9 Å². The first-order valence-corrected chi connectivity index (χ1v) is 12.4. The number of carbonyl (C=O) groups excluding carboxylic acids is 1. The number of aromatic nitrogens is 2. The van der Waals surface area contributed by atoms with Crippen molar-refractivity contribution in [3.8, 4) is 22.6 Å². The summed E-state index contributed by atoms with van der Waals surface area (Å²) in [6, 6.07) is 22.1. The molecule has 0 unspecified atom stereocenters. The number of rotatable bonds is 4. The molecule has 5 rings (SSSR count). The lowest BCUT2D eigenvalue weighted by molar-refractivity contribution is 0.0224. The van der Waals surface area contributed by atoms with E-state index in [1.165, 1.54) is 5.56 Å². The summed E-state index contributed by atoms with van der Waals surface area (Å²) >= 11 is 6.56. The van der Waals surface area contributed by atoms with Crippen LogP contribution in [0.1, 0.15) is 31.9 Å². The maximum absolute atomic E-state index is 12.6. The molecule has 3 aromatic carbocycles. The number of benzene rings is 3. The summed E-state index contributed by atoms with van der Waals surface area (Å²) in [4.78, 5) is 22.3. The average Bonchev–Trinajstić information content (AvgIpc) is 3.35. The van der Waals surface area contributed by atoms with Crippen molar-refractivity contribution in [1.29, 1.82) is 0 Å². The summed E-state index contributed by atoms with van der Waals surface area (Å²) in [6.07, 6.45) is 2.30. The number of fused-ring (bicyclic) bond motifs is 1. The van der Waals surface area contributed by atoms with Crippen LogP contribution in [0.15, 0.2) is 72.9 Å². The van der Waals surface area contributed by atoms with Crippen molar-refractivity contribution in [3.63, 3.8) is 0 Å². The normalized spacial score (nSPS) is 13.3. The molecule has 4 aromatic rings. The van der Waals surface area contributed by atoms with Crippen LogP contribution in [0.25, 0.3) is 22.6 Å². The maximum atomic E-state index is 12.6. The molecule has 2 N–H and O–H groups in total. The number of aromatic amines is 1. The fraction of sp³-hybridized carbons (Fsp3) is 0.241. The Balaban J connectivity index is 1.37. The number of hydrogen-bond acceptors (Lipinski definition) is 4. The van der Waals surface area contributed by atoms with Crippen molar-refractivity contribution < 1.29 is 9.53 Å². The third-order valence-electron chi connectivity index (χ3n) is 6.08. The number of amides is 1. The van der Waals surface area contributed by atoms with Crippen molar-refractivity contribution in [3.05, 3.63) is 89.1 Å². The number of nitrogens with zero attached hydrogens (tertiary/aromatic N) is 2. The Morgan fingerprint density at radius 3 is 2.67 bits per heavy atom. The molecule has 1 aliphatic rings. The molecule has 0 aliphatic carbocycles. The molecule has 1 amide bonds. The number of ether oxygens (including phenoxy) is 1. The molecular weight excluding hydrogens is 472 g/mol. The van der Waals surface area contributed by atoms with Gasteiger partial charge in [0.05, 0.1) is 16.9 Å². The monoisotopic (exact) mass is 500 g/mol. The minimum atomic E-state index is -0.511. The first-order valence-electron chi connectivity index (χ1n) is 12.0. The van der Waals surface area contributed by atoms with Crippen molar-refractivity contribution >= 4 is 29.1 Å². The quantitative estimate of drug-likeness (QED) is 0.305. The summed E-state index contributed by atoms with van der Waals surface area (Å²) < 4.78 is 5.56. The molecule has 0 atom stereocenters. The van der Waals surface area contributed by atoms with Crippen LogP contribution in [0.4, 0.5) is 16.2 Å². The summed E-state index contributed by atoms with van der Waals surface area (Å²) in [5.74, 6) is 0.714. The molecule has 6 nitrogen and oxygen atoms in total. The van der Waals surface area contributed by atoms with Crippen LogP contribution in [0.5, 0.6) is 0 Å². The number of anilines is 2. The Labute approximate surface area is 216 Å². The summed E-state index contributed by atoms with van der Waals surface area (Å²) in [5.41, 5.74) is 6.57. The molecule has 0 spiro atoms. The van der Waals surface area contributed by atoms with Gasteiger partial charge in [-0.2, -0.15) is 0 Å². The molecule has 0 fully saturated rings. The van der Waals surface area contributed by atoms with Crippen molar-refractivity contribution in [2.45, 2.75) is 39.3 Å². The van der Waals surface area contributed by atoms with Gasteiger partial charge in [-0.3, -0.25) is 0 Å². The van der Waals surface area contributed by atoms with Crippen LogP contribution in [-0.4, -0.2) is 33.1 Å². The van der Waals surface area contributed by atoms with Gasteiger partial charge in [0.15, 0.2) is 0 Å². The molecule has 1 aliphatic heterocycles. The van der Waals surface area contributed by atoms with Gasteiger partial charge in [0.2, 0.25) is 0 Å². The van der Waals surface area contributed by atoms with Crippen LogP contribution < -0.4 is 5.32 Å². The second-order valence-electron chi connectivity index (χ2n) is 9.93. The highest BCUT2D eigenvalue weighted by molar-refractivity contribution is 6.33. The fourth-order valence-corrected chi connectivity index (χ4v) is 4.58. The first kappa shape index (κ1) is 23.9. The molecule has 0 bridgehead atoms. The zero-order valence-electron chi connectivity index (χ0n) is 20.6. The summed E-state index contributed by atoms with van der Waals surface area (Å²) in [6.45, 7) is 6.80. The smallest absolute Gasteiger partial charge is 0.410 e. The van der Waals surface area contributed by atoms with Gasteiger partial charge in [0.25, 0.3) is 0 Å². The van der Waals surface area contributed by atoms with E-state index in [2.05, 4.69) is 27.4 Å². The molecular formula is C29H29ClN4O2. The minimum absolute atomic E-state index is 0.276. The second-order valence-corrected chi connectivity index (χ2v) is 10.3. The number of hydrogen-bond donors (Lipinski definition) is 2. The highest BCUT2D eigenvalue weighted by atomic mass is 35.5. The Morgan fingerprint density at radius 1 is 1.08 bits per heavy atom. The van der Waals surface area contributed by atoms with Gasteiger partial charge >= 0.3 is 6.09 Å². The number of H-pyrrole nitrogens is 1. The van der Waals surface area contributed by atoms with Gasteiger partial charge in [-0.1, -0.05) is 54.1 Å². The Bertz CT molecular complexity index is 1390. The van der Waals surface area contributed by atoms with Gasteiger partial charge in [-0.05, 0) is 68.1 Å². The SMILES string of the molecule is CC(C)(C)OC(=O)N1CCc2c(cccc2Nc2ccc(Cl)c(-c3ncc(-c4ccccc4)[nH]3)c2)C1. The van der Waals surface area contributed by atoms with Crippen LogP contribution in [0, 0.1) is 0 Å². The maximum Gasteiger partial charge on any atom is 0.410 e. The van der Waals surface area contributed by atoms with Crippen molar-refractivity contribution in [2.75, 3.05) is 11.9 Å². The Hall–Kier alpha value is -3.77. The summed E-state index contributed by atoms with van der Waals surface area (Å²) in [5, 5.41) is 4.18. The molecule has 0 saturated heterocycles. The van der Waals surface area contributed by atoms with E-state index >= 15 is 0 Å². The number of halogens is 1. The highest BCUT2D eigenvalue weighted by Crippen LogP contribution is 2.34. The van der Waals surface area contributed by atoms with Crippen LogP contribution in [-0.2, 0) is 17.7 Å². The Morgan fingerprint density at radius 2 is 1.89 bits per heavy atom. The lowest BCUT2D eigenvalue weighted by Gasteiger charge is -2.32. The lowest BCUT2D eigenvalue weighted by atomic mass is 9.97. The molecule has 7 heteroatoms. The van der Waals surface area contributed by atoms with E-state index in [4.69, 9.17) is 16.3 Å². The van der Waals surface area contributed by atoms with E-state index in [0.29, 0.717) is 23.9 Å². The highest BCUT2D eigenvalue weighted by Gasteiger charge is 2.26. The van der Waals surface area contributed by atoms with Gasteiger partial charge in [0.1, 0.15) is 11.4 Å². The van der Waals surface area contributed by atoms with E-state index in [-0.39, 0.29) is 6.09 Å². The van der Waals surface area contributed by atoms with Crippen molar-refractivity contribution in [1.82, 2.24) is 14.9 Å². The lowest BCUT2D eigenvalue weighted by Crippen LogP contribution is -2.40. The number of nitrogens with one attached hydrogen (secondary N) is 2. The number of imidazole rings is 1. The molecule has 36 heavy (non-hydrogen) atoms. The molecule has 0 radical (unpaired) electrons. The average molecular weight is 501 g/mol. The van der Waals surface area contributed by atoms with E-state index in [1.807, 2.05) is 81.6 Å². The number of carbonyl (C=O) groups is 1. The molecule has 0 saturated carbocycles. The Kier molecular flexibility index (Phi) is 6.46. The molecule has 1 aromatic heterocycles. The molecule has 184 valence electrons. The van der Waals surface area contributed by atoms with Crippen molar-refractivity contribution in [2.24, 2.45) is 0 Å². The zero-order valence-corrected chi connectivity index (χ0v) is 21.4. The largest absolute Gasteiger partial charge is 0.444 e. The first-order chi connectivity index (χ1) is 17.3. The standard InChI is InChI=1S/C29H29ClN4O2/c1-29(2,3)36-28(35)34-15-14-22-20(18-34)10-7-11-25(22)32-21-12-13-24(30)23(16-21)27-31-17-26(33-27)19-8-5-4-6-9-19/h4-13,16-17,32H,14-15,18H2,1-3H3,(H,31,33). The van der Waals surface area contributed by atoms with Crippen LogP contribution in [0.3, 0.4) is 0 Å². The zero-order chi connectivity index (χ0) is 25.3. The van der Waals surface area contributed by atoms with Crippen LogP contribution in [0.2, 0.25) is 5.02 Å². The minimum Gasteiger partial charge on any atom is -0.444 e. The van der Waals surface area contributed by atoms with E-state index in [1.54, 1.807) is 4.90 Å². The summed E-state index contributed by atoms with van der Waals surface area (Å²) in [7, 11) is 0. The third kappa shape index (κ3) is 5.24. The fourth-order valence-electron chi connectivity index (χ4n) is 4.37. The van der Waals surface area contributed by atoms with E-state index < -0.39 is 5.60 Å². The van der Waals surface area contributed by atoms with Gasteiger partial charge in [-0.25, -0.2) is 9.78 Å². The van der Waals surface area contributed by atoms with E-state index in [0.717, 1.165) is 40.2 Å². The third-order valence-corrected chi connectivity index (χ3v) is 6.41. The van der Waals surface area contributed by atoms with E-state index in [9.17, 15) is 4.79 Å². The predicted molar refractivity (Wildman–Crippen MR) is 145 cm³/mol. The molecule has 2 heterocycles. The van der Waals surface area contributed by atoms with Gasteiger partial charge in [0, 0.05) is 30.0 Å². The second kappa shape index (κ2) is 9.70. The predicted octanol–water partition coefficient (Wildman–Crippen LogP) is 7.43. The topological polar surface area (TPSA) is 70.2 Å².